The zero-order valence-corrected chi connectivity index (χ0v) is 23.4. The summed E-state index contributed by atoms with van der Waals surface area (Å²) >= 11 is -2.24. The molecule has 1 fully saturated rings. The maximum atomic E-state index is 12.9. The van der Waals surface area contributed by atoms with Gasteiger partial charge in [-0.1, -0.05) is 29.8 Å². The summed E-state index contributed by atoms with van der Waals surface area (Å²) in [6, 6.07) is 9.69. The standard InChI is InChI=1S/C26H34N3O6PS/c1-5-34-36(4,31)14-6-13-29(37(32)33)16-22-20(18-11-12-18)15-21-23(25(30)27-3)24(35-26(21)28-22)19-9-7-17(2)8-10-19/h7-10,15,18H,5-6,11-14,16H2,1-4H3,(H,27,30)(H,32,33). The van der Waals surface area contributed by atoms with E-state index < -0.39 is 18.6 Å². The van der Waals surface area contributed by atoms with Gasteiger partial charge in [0, 0.05) is 32.0 Å². The third kappa shape index (κ3) is 6.56. The third-order valence-electron chi connectivity index (χ3n) is 6.50. The molecule has 2 heterocycles. The number of pyridine rings is 1. The Morgan fingerprint density at radius 2 is 2.03 bits per heavy atom. The zero-order chi connectivity index (χ0) is 26.7. The van der Waals surface area contributed by atoms with E-state index in [1.54, 1.807) is 20.6 Å². The van der Waals surface area contributed by atoms with E-state index in [4.69, 9.17) is 13.9 Å². The van der Waals surface area contributed by atoms with Gasteiger partial charge in [0.1, 0.15) is 5.76 Å². The van der Waals surface area contributed by atoms with Crippen LogP contribution < -0.4 is 5.32 Å². The molecule has 0 radical (unpaired) electrons. The van der Waals surface area contributed by atoms with Crippen molar-refractivity contribution in [3.63, 3.8) is 0 Å². The van der Waals surface area contributed by atoms with Gasteiger partial charge in [-0.25, -0.2) is 9.19 Å². The van der Waals surface area contributed by atoms with Gasteiger partial charge in [0.15, 0.2) is 7.37 Å². The van der Waals surface area contributed by atoms with Gasteiger partial charge in [-0.05, 0) is 50.7 Å². The topological polar surface area (TPSA) is 122 Å². The molecular formula is C26H34N3O6PS. The maximum Gasteiger partial charge on any atom is 0.255 e. The molecule has 1 aliphatic carbocycles. The van der Waals surface area contributed by atoms with Crippen molar-refractivity contribution in [3.05, 3.63) is 52.7 Å². The Hall–Kier alpha value is -2.36. The molecule has 0 aliphatic heterocycles. The van der Waals surface area contributed by atoms with Crippen LogP contribution in [-0.4, -0.2) is 57.0 Å². The van der Waals surface area contributed by atoms with Gasteiger partial charge in [0.05, 0.1) is 29.8 Å². The lowest BCUT2D eigenvalue weighted by molar-refractivity contribution is 0.0964. The Labute approximate surface area is 219 Å². The lowest BCUT2D eigenvalue weighted by Crippen LogP contribution is -2.28. The second-order valence-electron chi connectivity index (χ2n) is 9.51. The monoisotopic (exact) mass is 547 g/mol. The van der Waals surface area contributed by atoms with Crippen molar-refractivity contribution < 1.29 is 27.1 Å². The lowest BCUT2D eigenvalue weighted by Gasteiger charge is -2.20. The van der Waals surface area contributed by atoms with Gasteiger partial charge in [0.25, 0.3) is 5.91 Å². The minimum Gasteiger partial charge on any atom is -0.437 e. The smallest absolute Gasteiger partial charge is 0.255 e. The highest BCUT2D eigenvalue weighted by molar-refractivity contribution is 7.76. The molecule has 37 heavy (non-hydrogen) atoms. The molecule has 1 amide bonds. The Morgan fingerprint density at radius 3 is 2.62 bits per heavy atom. The molecule has 1 aliphatic rings. The number of hydrogen-bond acceptors (Lipinski definition) is 6. The van der Waals surface area contributed by atoms with E-state index in [0.29, 0.717) is 47.3 Å². The van der Waals surface area contributed by atoms with Crippen LogP contribution in [0.4, 0.5) is 0 Å². The van der Waals surface area contributed by atoms with Crippen molar-refractivity contribution >= 4 is 35.6 Å². The predicted molar refractivity (Wildman–Crippen MR) is 145 cm³/mol. The van der Waals surface area contributed by atoms with E-state index in [1.165, 1.54) is 4.31 Å². The van der Waals surface area contributed by atoms with Crippen LogP contribution in [0.1, 0.15) is 59.3 Å². The molecule has 2 unspecified atom stereocenters. The number of rotatable bonds is 12. The second kappa shape index (κ2) is 11.6. The summed E-state index contributed by atoms with van der Waals surface area (Å²) in [4.78, 5) is 17.7. The number of benzene rings is 1. The number of carbonyl (C=O) groups excluding carboxylic acids is 1. The summed E-state index contributed by atoms with van der Waals surface area (Å²) < 4.78 is 47.5. The number of aryl methyl sites for hydroxylation is 1. The highest BCUT2D eigenvalue weighted by Crippen LogP contribution is 2.45. The quantitative estimate of drug-likeness (QED) is 0.233. The van der Waals surface area contributed by atoms with Gasteiger partial charge in [0.2, 0.25) is 17.0 Å². The first-order valence-electron chi connectivity index (χ1n) is 12.5. The van der Waals surface area contributed by atoms with E-state index in [9.17, 15) is 18.1 Å². The molecule has 0 bridgehead atoms. The summed E-state index contributed by atoms with van der Waals surface area (Å²) in [7, 11) is -1.15. The van der Waals surface area contributed by atoms with Crippen molar-refractivity contribution in [3.8, 4) is 11.3 Å². The number of fused-ring (bicyclic) bond motifs is 1. The van der Waals surface area contributed by atoms with E-state index in [2.05, 4.69) is 5.32 Å². The Balaban J connectivity index is 1.70. The third-order valence-corrected chi connectivity index (χ3v) is 9.19. The highest BCUT2D eigenvalue weighted by atomic mass is 32.2. The fraction of sp³-hybridized carbons (Fsp3) is 0.462. The molecule has 1 saturated carbocycles. The minimum atomic E-state index is -2.73. The summed E-state index contributed by atoms with van der Waals surface area (Å²) in [5, 5.41) is 3.34. The van der Waals surface area contributed by atoms with Crippen LogP contribution in [0, 0.1) is 6.92 Å². The molecule has 1 aromatic carbocycles. The number of amides is 1. The van der Waals surface area contributed by atoms with Crippen LogP contribution in [0.25, 0.3) is 22.4 Å². The number of nitrogens with one attached hydrogen (secondary N) is 1. The van der Waals surface area contributed by atoms with E-state index in [-0.39, 0.29) is 24.9 Å². The van der Waals surface area contributed by atoms with Crippen LogP contribution in [0.15, 0.2) is 34.7 Å². The molecule has 0 saturated heterocycles. The summed E-state index contributed by atoms with van der Waals surface area (Å²) in [6.45, 7) is 6.12. The summed E-state index contributed by atoms with van der Waals surface area (Å²) in [5.41, 5.74) is 4.21. The van der Waals surface area contributed by atoms with Crippen molar-refractivity contribution in [2.24, 2.45) is 0 Å². The summed E-state index contributed by atoms with van der Waals surface area (Å²) in [5.74, 6) is 0.463. The first kappa shape index (κ1) is 27.7. The fourth-order valence-electron chi connectivity index (χ4n) is 4.46. The molecule has 2 N–H and O–H groups in total. The van der Waals surface area contributed by atoms with Crippen LogP contribution in [0.3, 0.4) is 0 Å². The maximum absolute atomic E-state index is 12.9. The predicted octanol–water partition coefficient (Wildman–Crippen LogP) is 5.31. The van der Waals surface area contributed by atoms with Crippen LogP contribution in [0.5, 0.6) is 0 Å². The van der Waals surface area contributed by atoms with E-state index in [1.807, 2.05) is 37.3 Å². The molecule has 4 rings (SSSR count). The number of furan rings is 1. The van der Waals surface area contributed by atoms with Gasteiger partial charge in [-0.2, -0.15) is 4.31 Å². The van der Waals surface area contributed by atoms with Crippen molar-refractivity contribution in [1.82, 2.24) is 14.6 Å². The molecule has 200 valence electrons. The van der Waals surface area contributed by atoms with E-state index >= 15 is 0 Å². The minimum absolute atomic E-state index is 0.128. The van der Waals surface area contributed by atoms with Gasteiger partial charge in [-0.15, -0.1) is 0 Å². The van der Waals surface area contributed by atoms with Gasteiger partial charge in [-0.3, -0.25) is 13.9 Å². The molecule has 0 spiro atoms. The molecule has 2 atom stereocenters. The van der Waals surface area contributed by atoms with E-state index in [0.717, 1.165) is 29.5 Å². The molecule has 3 aromatic rings. The first-order valence-corrected chi connectivity index (χ1v) is 15.8. The number of hydrogen-bond donors (Lipinski definition) is 2. The highest BCUT2D eigenvalue weighted by Gasteiger charge is 2.31. The fourth-order valence-corrected chi connectivity index (χ4v) is 6.37. The SMILES string of the molecule is CCOP(C)(=O)CCCN(Cc1nc2oc(-c3ccc(C)cc3)c(C(=O)NC)c2cc1C1CC1)S(=O)O. The zero-order valence-electron chi connectivity index (χ0n) is 21.7. The molecule has 11 heteroatoms. The molecule has 9 nitrogen and oxygen atoms in total. The van der Waals surface area contributed by atoms with Crippen LogP contribution in [-0.2, 0) is 26.9 Å². The molecule has 2 aromatic heterocycles. The number of aromatic nitrogens is 1. The first-order chi connectivity index (χ1) is 17.6. The second-order valence-corrected chi connectivity index (χ2v) is 13.2. The average Bonchev–Trinajstić information content (AvgIpc) is 3.63. The average molecular weight is 548 g/mol. The van der Waals surface area contributed by atoms with Crippen molar-refractivity contribution in [2.75, 3.05) is 33.0 Å². The Kier molecular flexibility index (Phi) is 8.66. The van der Waals surface area contributed by atoms with Crippen LogP contribution >= 0.6 is 7.37 Å². The Bertz CT molecular complexity index is 1350. The number of carbonyl (C=O) groups is 1. The molecular weight excluding hydrogens is 513 g/mol. The van der Waals surface area contributed by atoms with Gasteiger partial charge >= 0.3 is 0 Å². The normalized spacial score (nSPS) is 16.2. The van der Waals surface area contributed by atoms with Crippen molar-refractivity contribution in [2.45, 2.75) is 45.6 Å². The Morgan fingerprint density at radius 1 is 1.32 bits per heavy atom. The summed E-state index contributed by atoms with van der Waals surface area (Å²) in [6.07, 6.45) is 2.76. The van der Waals surface area contributed by atoms with Gasteiger partial charge < -0.3 is 14.3 Å². The van der Waals surface area contributed by atoms with Crippen LogP contribution in [0.2, 0.25) is 0 Å². The number of nitrogens with zero attached hydrogens (tertiary/aromatic N) is 2. The largest absolute Gasteiger partial charge is 0.437 e. The lowest BCUT2D eigenvalue weighted by atomic mass is 10.0. The van der Waals surface area contributed by atoms with Crippen molar-refractivity contribution in [1.29, 1.82) is 0 Å².